The normalized spacial score (nSPS) is 21.8. The second-order valence-electron chi connectivity index (χ2n) is 5.81. The highest BCUT2D eigenvalue weighted by Gasteiger charge is 2.29. The van der Waals surface area contributed by atoms with Crippen molar-refractivity contribution < 1.29 is 18.3 Å². The van der Waals surface area contributed by atoms with Crippen molar-refractivity contribution in [1.29, 1.82) is 0 Å². The lowest BCUT2D eigenvalue weighted by atomic mass is 9.91. The van der Waals surface area contributed by atoms with E-state index in [1.54, 1.807) is 18.2 Å². The summed E-state index contributed by atoms with van der Waals surface area (Å²) < 4.78 is 32.8. The molecule has 0 fully saturated rings. The van der Waals surface area contributed by atoms with Gasteiger partial charge in [-0.2, -0.15) is 0 Å². The van der Waals surface area contributed by atoms with Crippen molar-refractivity contribution in [3.8, 4) is 5.75 Å². The summed E-state index contributed by atoms with van der Waals surface area (Å²) in [6.07, 6.45) is 5.88. The molecule has 1 aliphatic rings. The first-order chi connectivity index (χ1) is 10.3. The highest BCUT2D eigenvalue weighted by molar-refractivity contribution is 7.89. The minimum absolute atomic E-state index is 0.0398. The van der Waals surface area contributed by atoms with Crippen molar-refractivity contribution in [2.45, 2.75) is 43.6 Å². The van der Waals surface area contributed by atoms with Crippen LogP contribution in [0.1, 0.15) is 30.4 Å². The molecule has 2 rings (SSSR count). The third-order valence-electron chi connectivity index (χ3n) is 4.05. The standard InChI is InChI=1S/C16H23NO4S/c1-12-9-14(21-3)15(10-13(12)2)22(19,20)17-11-16(18)7-5-4-6-8-16/h5,7,9-10,17-18H,4,6,8,11H2,1-3H3. The van der Waals surface area contributed by atoms with Crippen LogP contribution in [-0.4, -0.2) is 32.8 Å². The number of sulfonamides is 1. The lowest BCUT2D eigenvalue weighted by Gasteiger charge is -2.27. The second-order valence-corrected chi connectivity index (χ2v) is 7.55. The molecule has 0 spiro atoms. The Labute approximate surface area is 132 Å². The van der Waals surface area contributed by atoms with Gasteiger partial charge in [0.25, 0.3) is 0 Å². The fourth-order valence-corrected chi connectivity index (χ4v) is 3.82. The van der Waals surface area contributed by atoms with Crippen molar-refractivity contribution in [2.24, 2.45) is 0 Å². The predicted molar refractivity (Wildman–Crippen MR) is 85.6 cm³/mol. The third kappa shape index (κ3) is 3.69. The van der Waals surface area contributed by atoms with Crippen molar-refractivity contribution in [2.75, 3.05) is 13.7 Å². The molecular weight excluding hydrogens is 302 g/mol. The van der Waals surface area contributed by atoms with Gasteiger partial charge in [-0.15, -0.1) is 0 Å². The Morgan fingerprint density at radius 3 is 2.59 bits per heavy atom. The number of nitrogens with one attached hydrogen (secondary N) is 1. The first-order valence-corrected chi connectivity index (χ1v) is 8.81. The molecule has 1 aromatic carbocycles. The van der Waals surface area contributed by atoms with Gasteiger partial charge in [0.05, 0.1) is 12.7 Å². The minimum Gasteiger partial charge on any atom is -0.495 e. The van der Waals surface area contributed by atoms with Gasteiger partial charge in [0.1, 0.15) is 10.6 Å². The van der Waals surface area contributed by atoms with Crippen molar-refractivity contribution in [1.82, 2.24) is 4.72 Å². The van der Waals surface area contributed by atoms with E-state index in [9.17, 15) is 13.5 Å². The summed E-state index contributed by atoms with van der Waals surface area (Å²) in [7, 11) is -2.30. The number of hydrogen-bond donors (Lipinski definition) is 2. The largest absolute Gasteiger partial charge is 0.495 e. The van der Waals surface area contributed by atoms with Crippen LogP contribution in [0.5, 0.6) is 5.75 Å². The molecule has 122 valence electrons. The molecule has 1 atom stereocenters. The van der Waals surface area contributed by atoms with Crippen LogP contribution < -0.4 is 9.46 Å². The van der Waals surface area contributed by atoms with Crippen LogP contribution in [0.15, 0.2) is 29.2 Å². The molecule has 1 aromatic rings. The Hall–Kier alpha value is -1.37. The summed E-state index contributed by atoms with van der Waals surface area (Å²) >= 11 is 0. The van der Waals surface area contributed by atoms with E-state index in [1.807, 2.05) is 19.9 Å². The summed E-state index contributed by atoms with van der Waals surface area (Å²) in [5, 5.41) is 10.4. The molecular formula is C16H23NO4S. The molecule has 0 saturated heterocycles. The van der Waals surface area contributed by atoms with E-state index in [1.165, 1.54) is 7.11 Å². The zero-order valence-corrected chi connectivity index (χ0v) is 14.0. The van der Waals surface area contributed by atoms with E-state index in [4.69, 9.17) is 4.74 Å². The predicted octanol–water partition coefficient (Wildman–Crippen LogP) is 2.06. The second kappa shape index (κ2) is 6.40. The number of ether oxygens (including phenoxy) is 1. The van der Waals surface area contributed by atoms with E-state index in [-0.39, 0.29) is 11.4 Å². The van der Waals surface area contributed by atoms with Crippen molar-refractivity contribution >= 4 is 10.0 Å². The van der Waals surface area contributed by atoms with Gasteiger partial charge in [0.15, 0.2) is 0 Å². The summed E-state index contributed by atoms with van der Waals surface area (Å²) in [6.45, 7) is 3.71. The van der Waals surface area contributed by atoms with Gasteiger partial charge < -0.3 is 9.84 Å². The number of rotatable bonds is 5. The maximum absolute atomic E-state index is 12.5. The number of benzene rings is 1. The zero-order valence-electron chi connectivity index (χ0n) is 13.2. The SMILES string of the molecule is COc1cc(C)c(C)cc1S(=O)(=O)NCC1(O)C=CCCC1. The van der Waals surface area contributed by atoms with Crippen LogP contribution in [0.25, 0.3) is 0 Å². The van der Waals surface area contributed by atoms with Gasteiger partial charge in [-0.3, -0.25) is 0 Å². The van der Waals surface area contributed by atoms with E-state index < -0.39 is 15.6 Å². The highest BCUT2D eigenvalue weighted by atomic mass is 32.2. The van der Waals surface area contributed by atoms with Gasteiger partial charge in [-0.25, -0.2) is 13.1 Å². The van der Waals surface area contributed by atoms with E-state index >= 15 is 0 Å². The minimum atomic E-state index is -3.75. The Morgan fingerprint density at radius 2 is 2.00 bits per heavy atom. The number of aliphatic hydroxyl groups is 1. The molecule has 5 nitrogen and oxygen atoms in total. The number of aryl methyl sites for hydroxylation is 2. The van der Waals surface area contributed by atoms with Crippen LogP contribution in [0, 0.1) is 13.8 Å². The molecule has 0 saturated carbocycles. The van der Waals surface area contributed by atoms with Crippen LogP contribution >= 0.6 is 0 Å². The molecule has 0 aliphatic heterocycles. The van der Waals surface area contributed by atoms with Crippen LogP contribution in [0.3, 0.4) is 0 Å². The fraction of sp³-hybridized carbons (Fsp3) is 0.500. The van der Waals surface area contributed by atoms with E-state index in [0.717, 1.165) is 24.0 Å². The Kier molecular flexibility index (Phi) is 4.94. The van der Waals surface area contributed by atoms with Gasteiger partial charge >= 0.3 is 0 Å². The maximum Gasteiger partial charge on any atom is 0.244 e. The van der Waals surface area contributed by atoms with Gasteiger partial charge in [0, 0.05) is 6.54 Å². The molecule has 22 heavy (non-hydrogen) atoms. The maximum atomic E-state index is 12.5. The lowest BCUT2D eigenvalue weighted by Crippen LogP contribution is -2.42. The van der Waals surface area contributed by atoms with Gasteiger partial charge in [-0.1, -0.05) is 12.2 Å². The highest BCUT2D eigenvalue weighted by Crippen LogP contribution is 2.28. The van der Waals surface area contributed by atoms with Gasteiger partial charge in [-0.05, 0) is 56.4 Å². The summed E-state index contributed by atoms with van der Waals surface area (Å²) in [5.74, 6) is 0.307. The fourth-order valence-electron chi connectivity index (χ4n) is 2.49. The Balaban J connectivity index is 2.25. The zero-order chi connectivity index (χ0) is 16.4. The molecule has 0 radical (unpaired) electrons. The third-order valence-corrected chi connectivity index (χ3v) is 5.47. The quantitative estimate of drug-likeness (QED) is 0.813. The molecule has 2 N–H and O–H groups in total. The molecule has 0 heterocycles. The van der Waals surface area contributed by atoms with Crippen LogP contribution in [0.2, 0.25) is 0 Å². The average molecular weight is 325 g/mol. The van der Waals surface area contributed by atoms with Crippen molar-refractivity contribution in [3.63, 3.8) is 0 Å². The smallest absolute Gasteiger partial charge is 0.244 e. The topological polar surface area (TPSA) is 75.6 Å². The molecule has 0 amide bonds. The van der Waals surface area contributed by atoms with E-state index in [0.29, 0.717) is 12.2 Å². The first-order valence-electron chi connectivity index (χ1n) is 7.32. The Bertz CT molecular complexity index is 682. The number of hydrogen-bond acceptors (Lipinski definition) is 4. The van der Waals surface area contributed by atoms with Crippen LogP contribution in [-0.2, 0) is 10.0 Å². The molecule has 1 unspecified atom stereocenters. The summed E-state index contributed by atoms with van der Waals surface area (Å²) in [5.41, 5.74) is 0.722. The van der Waals surface area contributed by atoms with Crippen LogP contribution in [0.4, 0.5) is 0 Å². The molecule has 6 heteroatoms. The summed E-state index contributed by atoms with van der Waals surface area (Å²) in [6, 6.07) is 3.30. The lowest BCUT2D eigenvalue weighted by molar-refractivity contribution is 0.0797. The first kappa shape index (κ1) is 17.0. The Morgan fingerprint density at radius 1 is 1.32 bits per heavy atom. The summed E-state index contributed by atoms with van der Waals surface area (Å²) in [4.78, 5) is 0.0986. The average Bonchev–Trinajstić information content (AvgIpc) is 2.48. The number of allylic oxidation sites excluding steroid dienone is 1. The van der Waals surface area contributed by atoms with Gasteiger partial charge in [0.2, 0.25) is 10.0 Å². The van der Waals surface area contributed by atoms with Crippen molar-refractivity contribution in [3.05, 3.63) is 35.4 Å². The molecule has 0 aromatic heterocycles. The molecule has 0 bridgehead atoms. The monoisotopic (exact) mass is 325 g/mol. The molecule has 1 aliphatic carbocycles. The van der Waals surface area contributed by atoms with E-state index in [2.05, 4.69) is 4.72 Å². The number of methoxy groups -OCH3 is 1.